The molecule has 0 saturated heterocycles. The molecule has 0 radical (unpaired) electrons. The van der Waals surface area contributed by atoms with Crippen LogP contribution in [0, 0.1) is 0 Å². The molecular weight excluding hydrogens is 528 g/mol. The van der Waals surface area contributed by atoms with E-state index < -0.39 is 5.97 Å². The Balaban J connectivity index is 1.20. The van der Waals surface area contributed by atoms with Crippen molar-refractivity contribution in [3.8, 4) is 0 Å². The third kappa shape index (κ3) is 5.38. The fourth-order valence-corrected chi connectivity index (χ4v) is 7.04. The van der Waals surface area contributed by atoms with E-state index in [1.54, 1.807) is 0 Å². The summed E-state index contributed by atoms with van der Waals surface area (Å²) in [5.41, 5.74) is 6.34. The maximum atomic E-state index is 11.5. The minimum atomic E-state index is -0.773. The molecule has 2 aliphatic heterocycles. The molecule has 0 spiro atoms. The highest BCUT2D eigenvalue weighted by Crippen LogP contribution is 2.49. The molecule has 1 N–H and O–H groups in total. The summed E-state index contributed by atoms with van der Waals surface area (Å²) < 4.78 is 0. The molecule has 0 aromatic heterocycles. The van der Waals surface area contributed by atoms with Gasteiger partial charge in [0.2, 0.25) is 0 Å². The summed E-state index contributed by atoms with van der Waals surface area (Å²) in [7, 11) is 0. The van der Waals surface area contributed by atoms with E-state index in [2.05, 4.69) is 146 Å². The van der Waals surface area contributed by atoms with Crippen molar-refractivity contribution in [3.05, 3.63) is 132 Å². The van der Waals surface area contributed by atoms with Gasteiger partial charge < -0.3 is 14.9 Å². The number of allylic oxidation sites excluding steroid dienone is 7. The SMILES string of the molecule is CCCN1/C(=C/C=C/C=C/C=C/C2N(CCC(=O)O)c3ccc4ccccc4c3C2(C)C)Cc2c1ccc1ccccc21. The molecule has 218 valence electrons. The molecule has 1 unspecified atom stereocenters. The summed E-state index contributed by atoms with van der Waals surface area (Å²) in [4.78, 5) is 16.2. The van der Waals surface area contributed by atoms with Crippen molar-refractivity contribution in [1.82, 2.24) is 0 Å². The first-order valence-electron chi connectivity index (χ1n) is 15.4. The second-order valence-corrected chi connectivity index (χ2v) is 12.1. The first-order valence-corrected chi connectivity index (χ1v) is 15.4. The number of anilines is 2. The zero-order valence-corrected chi connectivity index (χ0v) is 25.3. The summed E-state index contributed by atoms with van der Waals surface area (Å²) in [6.07, 6.45) is 17.1. The Hall–Kier alpha value is -4.57. The Morgan fingerprint density at radius 3 is 2.23 bits per heavy atom. The number of carboxylic acid groups (broad SMARTS) is 1. The van der Waals surface area contributed by atoms with Crippen LogP contribution in [-0.4, -0.2) is 30.2 Å². The lowest BCUT2D eigenvalue weighted by Gasteiger charge is -2.32. The summed E-state index contributed by atoms with van der Waals surface area (Å²) in [5, 5.41) is 14.6. The van der Waals surface area contributed by atoms with Gasteiger partial charge in [-0.3, -0.25) is 4.79 Å². The first kappa shape index (κ1) is 28.5. The summed E-state index contributed by atoms with van der Waals surface area (Å²) in [6.45, 7) is 8.26. The topological polar surface area (TPSA) is 43.8 Å². The summed E-state index contributed by atoms with van der Waals surface area (Å²) in [6, 6.07) is 26.0. The number of carboxylic acids is 1. The van der Waals surface area contributed by atoms with E-state index in [0.717, 1.165) is 25.1 Å². The molecule has 4 nitrogen and oxygen atoms in total. The van der Waals surface area contributed by atoms with E-state index in [1.165, 1.54) is 44.1 Å². The largest absolute Gasteiger partial charge is 0.481 e. The van der Waals surface area contributed by atoms with Gasteiger partial charge in [0.25, 0.3) is 0 Å². The monoisotopic (exact) mass is 568 g/mol. The Morgan fingerprint density at radius 2 is 1.49 bits per heavy atom. The predicted octanol–water partition coefficient (Wildman–Crippen LogP) is 8.96. The standard InChI is InChI=1S/C39H40N2O2/c1-4-25-40-30(27-33-31-17-12-10-14-28(31)20-22-34(33)40)16-8-6-5-7-9-19-36-39(2,3)38-32-18-13-11-15-29(32)21-23-35(38)41(36)26-24-37(42)43/h5-23,36H,4,24-27H2,1-3H3,(H,42,43)/b7-5+,8-6+,19-9+,30-16+. The van der Waals surface area contributed by atoms with Gasteiger partial charge in [0.15, 0.2) is 0 Å². The van der Waals surface area contributed by atoms with Crippen molar-refractivity contribution < 1.29 is 9.90 Å². The molecule has 0 aliphatic carbocycles. The third-order valence-electron chi connectivity index (χ3n) is 8.99. The lowest BCUT2D eigenvalue weighted by molar-refractivity contribution is -0.136. The number of aliphatic carboxylic acids is 1. The highest BCUT2D eigenvalue weighted by molar-refractivity contribution is 5.94. The molecule has 4 heteroatoms. The minimum absolute atomic E-state index is 0.0535. The Bertz CT molecular complexity index is 1790. The smallest absolute Gasteiger partial charge is 0.305 e. The number of rotatable bonds is 9. The molecule has 0 saturated carbocycles. The van der Waals surface area contributed by atoms with Gasteiger partial charge in [-0.15, -0.1) is 0 Å². The highest BCUT2D eigenvalue weighted by atomic mass is 16.4. The Kier molecular flexibility index (Phi) is 7.94. The van der Waals surface area contributed by atoms with Gasteiger partial charge in [-0.05, 0) is 57.3 Å². The summed E-state index contributed by atoms with van der Waals surface area (Å²) in [5.74, 6) is -0.773. The maximum absolute atomic E-state index is 11.5. The van der Waals surface area contributed by atoms with Crippen LogP contribution in [0.1, 0.15) is 44.7 Å². The van der Waals surface area contributed by atoms with E-state index in [4.69, 9.17) is 0 Å². The van der Waals surface area contributed by atoms with Crippen molar-refractivity contribution >= 4 is 38.9 Å². The van der Waals surface area contributed by atoms with Gasteiger partial charge in [0.1, 0.15) is 0 Å². The van der Waals surface area contributed by atoms with Crippen LogP contribution in [0.25, 0.3) is 21.5 Å². The van der Waals surface area contributed by atoms with Crippen LogP contribution in [0.15, 0.2) is 121 Å². The zero-order valence-electron chi connectivity index (χ0n) is 25.3. The van der Waals surface area contributed by atoms with Crippen molar-refractivity contribution in [1.29, 1.82) is 0 Å². The molecule has 4 aromatic rings. The van der Waals surface area contributed by atoms with E-state index in [-0.39, 0.29) is 17.9 Å². The maximum Gasteiger partial charge on any atom is 0.305 e. The van der Waals surface area contributed by atoms with E-state index >= 15 is 0 Å². The van der Waals surface area contributed by atoms with Crippen LogP contribution in [0.3, 0.4) is 0 Å². The number of hydrogen-bond donors (Lipinski definition) is 1. The average molecular weight is 569 g/mol. The minimum Gasteiger partial charge on any atom is -0.481 e. The molecule has 0 amide bonds. The summed E-state index contributed by atoms with van der Waals surface area (Å²) >= 11 is 0. The normalized spacial score (nSPS) is 18.7. The first-order chi connectivity index (χ1) is 20.9. The molecule has 0 bridgehead atoms. The van der Waals surface area contributed by atoms with Crippen LogP contribution in [0.2, 0.25) is 0 Å². The van der Waals surface area contributed by atoms with Crippen molar-refractivity contribution in [3.63, 3.8) is 0 Å². The molecular formula is C39H40N2O2. The molecule has 2 heterocycles. The molecule has 1 atom stereocenters. The van der Waals surface area contributed by atoms with Crippen LogP contribution in [0.4, 0.5) is 11.4 Å². The van der Waals surface area contributed by atoms with Gasteiger partial charge in [-0.1, -0.05) is 118 Å². The van der Waals surface area contributed by atoms with Gasteiger partial charge in [-0.2, -0.15) is 0 Å². The number of hydrogen-bond acceptors (Lipinski definition) is 3. The molecule has 43 heavy (non-hydrogen) atoms. The van der Waals surface area contributed by atoms with Crippen molar-refractivity contribution in [2.45, 2.75) is 51.5 Å². The molecule has 0 fully saturated rings. The number of benzene rings is 4. The highest BCUT2D eigenvalue weighted by Gasteiger charge is 2.44. The Labute approximate surface area is 254 Å². The van der Waals surface area contributed by atoms with Gasteiger partial charge >= 0.3 is 5.97 Å². The third-order valence-corrected chi connectivity index (χ3v) is 8.99. The predicted molar refractivity (Wildman–Crippen MR) is 181 cm³/mol. The number of nitrogens with zero attached hydrogens (tertiary/aromatic N) is 2. The number of fused-ring (bicyclic) bond motifs is 6. The lowest BCUT2D eigenvalue weighted by Crippen LogP contribution is -2.41. The van der Waals surface area contributed by atoms with Gasteiger partial charge in [0.05, 0.1) is 12.5 Å². The second-order valence-electron chi connectivity index (χ2n) is 12.1. The fraction of sp³-hybridized carbons (Fsp3) is 0.256. The quantitative estimate of drug-likeness (QED) is 0.205. The second kappa shape index (κ2) is 12.0. The van der Waals surface area contributed by atoms with Crippen LogP contribution >= 0.6 is 0 Å². The van der Waals surface area contributed by atoms with Crippen LogP contribution < -0.4 is 9.80 Å². The van der Waals surface area contributed by atoms with Crippen LogP contribution in [-0.2, 0) is 16.6 Å². The average Bonchev–Trinajstić information content (AvgIpc) is 3.47. The fourth-order valence-electron chi connectivity index (χ4n) is 7.04. The van der Waals surface area contributed by atoms with E-state index in [1.807, 2.05) is 0 Å². The lowest BCUT2D eigenvalue weighted by atomic mass is 9.78. The molecule has 2 aliphatic rings. The van der Waals surface area contributed by atoms with Crippen molar-refractivity contribution in [2.24, 2.45) is 0 Å². The van der Waals surface area contributed by atoms with E-state index in [0.29, 0.717) is 6.54 Å². The number of carbonyl (C=O) groups is 1. The zero-order chi connectivity index (χ0) is 30.0. The molecule has 4 aromatic carbocycles. The van der Waals surface area contributed by atoms with Crippen molar-refractivity contribution in [2.75, 3.05) is 22.9 Å². The Morgan fingerprint density at radius 1 is 0.837 bits per heavy atom. The molecule has 6 rings (SSSR count). The van der Waals surface area contributed by atoms with Gasteiger partial charge in [-0.25, -0.2) is 0 Å². The van der Waals surface area contributed by atoms with Gasteiger partial charge in [0, 0.05) is 42.0 Å². The van der Waals surface area contributed by atoms with E-state index in [9.17, 15) is 9.90 Å². The van der Waals surface area contributed by atoms with Crippen LogP contribution in [0.5, 0.6) is 0 Å².